The van der Waals surface area contributed by atoms with Gasteiger partial charge in [0, 0.05) is 12.6 Å². The van der Waals surface area contributed by atoms with Crippen LogP contribution in [0.4, 0.5) is 0 Å². The molecular weight excluding hydrogens is 174 g/mol. The maximum Gasteiger partial charge on any atom is 0.0449 e. The molecule has 0 spiro atoms. The number of aliphatic hydroxyl groups excluding tert-OH is 1. The molecule has 0 aliphatic heterocycles. The van der Waals surface area contributed by atoms with Crippen LogP contribution in [0.25, 0.3) is 0 Å². The first kappa shape index (κ1) is 11.2. The van der Waals surface area contributed by atoms with Crippen molar-refractivity contribution in [3.63, 3.8) is 0 Å². The highest BCUT2D eigenvalue weighted by Gasteiger charge is 2.10. The quantitative estimate of drug-likeness (QED) is 0.766. The van der Waals surface area contributed by atoms with Crippen LogP contribution in [-0.2, 0) is 0 Å². The molecule has 0 aromatic heterocycles. The summed E-state index contributed by atoms with van der Waals surface area (Å²) in [5, 5.41) is 12.2. The Morgan fingerprint density at radius 1 is 1.36 bits per heavy atom. The molecule has 0 aliphatic rings. The molecule has 1 unspecified atom stereocenters. The van der Waals surface area contributed by atoms with Crippen LogP contribution < -0.4 is 5.32 Å². The molecular formula is C12H19NO. The number of aryl methyl sites for hydroxylation is 2. The normalized spacial score (nSPS) is 12.9. The molecule has 0 bridgehead atoms. The number of rotatable bonds is 4. The zero-order valence-electron chi connectivity index (χ0n) is 9.17. The summed E-state index contributed by atoms with van der Waals surface area (Å²) in [7, 11) is 1.93. The topological polar surface area (TPSA) is 32.3 Å². The van der Waals surface area contributed by atoms with Crippen molar-refractivity contribution in [1.29, 1.82) is 0 Å². The highest BCUT2D eigenvalue weighted by Crippen LogP contribution is 2.20. The molecule has 0 radical (unpaired) electrons. The Hall–Kier alpha value is -0.860. The minimum Gasteiger partial charge on any atom is -0.396 e. The Labute approximate surface area is 86.0 Å². The summed E-state index contributed by atoms with van der Waals surface area (Å²) in [6, 6.07) is 6.70. The molecule has 78 valence electrons. The summed E-state index contributed by atoms with van der Waals surface area (Å²) in [6.07, 6.45) is 0.764. The lowest BCUT2D eigenvalue weighted by Gasteiger charge is -2.18. The van der Waals surface area contributed by atoms with Crippen LogP contribution in [0.15, 0.2) is 18.2 Å². The van der Waals surface area contributed by atoms with Crippen molar-refractivity contribution in [2.75, 3.05) is 13.7 Å². The number of benzene rings is 1. The van der Waals surface area contributed by atoms with E-state index in [0.717, 1.165) is 6.42 Å². The largest absolute Gasteiger partial charge is 0.396 e. The lowest BCUT2D eigenvalue weighted by atomic mass is 9.97. The van der Waals surface area contributed by atoms with E-state index in [4.69, 9.17) is 5.11 Å². The van der Waals surface area contributed by atoms with Crippen molar-refractivity contribution in [2.24, 2.45) is 0 Å². The molecule has 0 saturated heterocycles. The third-order valence-electron chi connectivity index (χ3n) is 2.57. The Kier molecular flexibility index (Phi) is 4.11. The first-order valence-corrected chi connectivity index (χ1v) is 5.04. The Morgan fingerprint density at radius 3 is 2.57 bits per heavy atom. The standard InChI is InChI=1S/C12H19NO/c1-9-4-5-11(10(2)8-9)12(13-3)6-7-14/h4-5,8,12-14H,6-7H2,1-3H3. The molecule has 2 N–H and O–H groups in total. The summed E-state index contributed by atoms with van der Waals surface area (Å²) in [5.74, 6) is 0. The Bertz CT molecular complexity index is 296. The van der Waals surface area contributed by atoms with E-state index in [9.17, 15) is 0 Å². The minimum atomic E-state index is 0.221. The van der Waals surface area contributed by atoms with E-state index in [1.807, 2.05) is 7.05 Å². The lowest BCUT2D eigenvalue weighted by molar-refractivity contribution is 0.268. The first-order chi connectivity index (χ1) is 6.69. The molecule has 14 heavy (non-hydrogen) atoms. The SMILES string of the molecule is CNC(CCO)c1ccc(C)cc1C. The van der Waals surface area contributed by atoms with Crippen LogP contribution in [0.5, 0.6) is 0 Å². The summed E-state index contributed by atoms with van der Waals surface area (Å²) in [5.41, 5.74) is 3.86. The van der Waals surface area contributed by atoms with Gasteiger partial charge in [0.05, 0.1) is 0 Å². The van der Waals surface area contributed by atoms with E-state index >= 15 is 0 Å². The monoisotopic (exact) mass is 193 g/mol. The smallest absolute Gasteiger partial charge is 0.0449 e. The van der Waals surface area contributed by atoms with Gasteiger partial charge in [-0.15, -0.1) is 0 Å². The molecule has 1 aromatic rings. The second kappa shape index (κ2) is 5.13. The third-order valence-corrected chi connectivity index (χ3v) is 2.57. The van der Waals surface area contributed by atoms with Crippen LogP contribution in [0.2, 0.25) is 0 Å². The Morgan fingerprint density at radius 2 is 2.07 bits per heavy atom. The molecule has 2 nitrogen and oxygen atoms in total. The van der Waals surface area contributed by atoms with Crippen molar-refractivity contribution in [3.8, 4) is 0 Å². The highest BCUT2D eigenvalue weighted by molar-refractivity contribution is 5.32. The molecule has 0 amide bonds. The van der Waals surface area contributed by atoms with Crippen molar-refractivity contribution in [1.82, 2.24) is 5.32 Å². The molecule has 0 heterocycles. The third kappa shape index (κ3) is 2.56. The predicted octanol–water partition coefficient (Wildman–Crippen LogP) is 1.95. The van der Waals surface area contributed by atoms with Gasteiger partial charge in [0.1, 0.15) is 0 Å². The molecule has 2 heteroatoms. The van der Waals surface area contributed by atoms with Crippen LogP contribution in [0, 0.1) is 13.8 Å². The fraction of sp³-hybridized carbons (Fsp3) is 0.500. The van der Waals surface area contributed by atoms with Gasteiger partial charge < -0.3 is 10.4 Å². The molecule has 0 saturated carbocycles. The second-order valence-electron chi connectivity index (χ2n) is 3.71. The average molecular weight is 193 g/mol. The zero-order valence-corrected chi connectivity index (χ0v) is 9.17. The fourth-order valence-corrected chi connectivity index (χ4v) is 1.80. The van der Waals surface area contributed by atoms with Crippen LogP contribution in [0.1, 0.15) is 29.2 Å². The van der Waals surface area contributed by atoms with Gasteiger partial charge in [-0.2, -0.15) is 0 Å². The Balaban J connectivity index is 2.92. The molecule has 0 fully saturated rings. The van der Waals surface area contributed by atoms with Gasteiger partial charge in [-0.3, -0.25) is 0 Å². The maximum absolute atomic E-state index is 8.93. The predicted molar refractivity (Wildman–Crippen MR) is 59.4 cm³/mol. The summed E-state index contributed by atoms with van der Waals surface area (Å²) < 4.78 is 0. The van der Waals surface area contributed by atoms with Gasteiger partial charge in [-0.1, -0.05) is 23.8 Å². The second-order valence-corrected chi connectivity index (χ2v) is 3.71. The van der Waals surface area contributed by atoms with E-state index in [1.165, 1.54) is 16.7 Å². The maximum atomic E-state index is 8.93. The van der Waals surface area contributed by atoms with E-state index in [-0.39, 0.29) is 12.6 Å². The fourth-order valence-electron chi connectivity index (χ4n) is 1.80. The van der Waals surface area contributed by atoms with Gasteiger partial charge in [0.25, 0.3) is 0 Å². The number of hydrogen-bond donors (Lipinski definition) is 2. The van der Waals surface area contributed by atoms with Crippen molar-refractivity contribution < 1.29 is 5.11 Å². The van der Waals surface area contributed by atoms with E-state index in [0.29, 0.717) is 0 Å². The van der Waals surface area contributed by atoms with Crippen LogP contribution in [-0.4, -0.2) is 18.8 Å². The van der Waals surface area contributed by atoms with E-state index in [1.54, 1.807) is 0 Å². The van der Waals surface area contributed by atoms with Gasteiger partial charge in [-0.05, 0) is 38.4 Å². The molecule has 0 aliphatic carbocycles. The highest BCUT2D eigenvalue weighted by atomic mass is 16.3. The van der Waals surface area contributed by atoms with Crippen molar-refractivity contribution >= 4 is 0 Å². The lowest BCUT2D eigenvalue weighted by Crippen LogP contribution is -2.18. The number of nitrogens with one attached hydrogen (secondary N) is 1. The van der Waals surface area contributed by atoms with Gasteiger partial charge in [-0.25, -0.2) is 0 Å². The van der Waals surface area contributed by atoms with Crippen LogP contribution >= 0.6 is 0 Å². The van der Waals surface area contributed by atoms with Gasteiger partial charge in [0.15, 0.2) is 0 Å². The summed E-state index contributed by atoms with van der Waals surface area (Å²) >= 11 is 0. The van der Waals surface area contributed by atoms with Crippen molar-refractivity contribution in [3.05, 3.63) is 34.9 Å². The minimum absolute atomic E-state index is 0.221. The molecule has 1 atom stereocenters. The molecule has 1 aromatic carbocycles. The van der Waals surface area contributed by atoms with Crippen LogP contribution in [0.3, 0.4) is 0 Å². The van der Waals surface area contributed by atoms with E-state index in [2.05, 4.69) is 37.4 Å². The number of aliphatic hydroxyl groups is 1. The summed E-state index contributed by atoms with van der Waals surface area (Å²) in [4.78, 5) is 0. The molecule has 1 rings (SSSR count). The first-order valence-electron chi connectivity index (χ1n) is 5.04. The van der Waals surface area contributed by atoms with Gasteiger partial charge in [0.2, 0.25) is 0 Å². The van der Waals surface area contributed by atoms with Gasteiger partial charge >= 0.3 is 0 Å². The zero-order chi connectivity index (χ0) is 10.6. The van der Waals surface area contributed by atoms with Crippen molar-refractivity contribution in [2.45, 2.75) is 26.3 Å². The average Bonchev–Trinajstić information content (AvgIpc) is 2.15. The summed E-state index contributed by atoms with van der Waals surface area (Å²) in [6.45, 7) is 4.43. The number of hydrogen-bond acceptors (Lipinski definition) is 2. The van der Waals surface area contributed by atoms with E-state index < -0.39 is 0 Å².